The molecule has 1 N–H and O–H groups in total. The van der Waals surface area contributed by atoms with E-state index in [4.69, 9.17) is 5.26 Å². The molecule has 0 heterocycles. The van der Waals surface area contributed by atoms with Crippen LogP contribution in [-0.4, -0.2) is 11.7 Å². The molecule has 128 valence electrons. The number of Topliss-reactive ketones (excluding diaryl/α,β-unsaturated/α-hetero) is 1. The Balaban J connectivity index is 2.13. The van der Waals surface area contributed by atoms with E-state index < -0.39 is 29.3 Å². The van der Waals surface area contributed by atoms with Gasteiger partial charge in [0, 0.05) is 15.7 Å². The highest BCUT2D eigenvalue weighted by atomic mass is 79.9. The van der Waals surface area contributed by atoms with Crippen molar-refractivity contribution < 1.29 is 22.8 Å². The number of carbonyl (C=O) groups is 2. The molecule has 25 heavy (non-hydrogen) atoms. The van der Waals surface area contributed by atoms with Gasteiger partial charge in [-0.3, -0.25) is 9.59 Å². The number of amides is 1. The second kappa shape index (κ2) is 7.49. The van der Waals surface area contributed by atoms with Crippen LogP contribution < -0.4 is 5.32 Å². The molecule has 0 radical (unpaired) electrons. The number of hydrogen-bond donors (Lipinski definition) is 1. The Labute approximate surface area is 149 Å². The molecule has 1 atom stereocenters. The van der Waals surface area contributed by atoms with Gasteiger partial charge >= 0.3 is 6.18 Å². The Morgan fingerprint density at radius 1 is 1.04 bits per heavy atom. The van der Waals surface area contributed by atoms with Crippen molar-refractivity contribution >= 4 is 33.3 Å². The third-order valence-corrected chi connectivity index (χ3v) is 3.79. The van der Waals surface area contributed by atoms with E-state index in [0.29, 0.717) is 0 Å². The minimum Gasteiger partial charge on any atom is -0.325 e. The number of rotatable bonds is 4. The SMILES string of the molecule is N#CC(C(=O)Nc1ccc(C(F)(F)F)cc1)C(=O)c1ccc(Br)cc1. The lowest BCUT2D eigenvalue weighted by Crippen LogP contribution is -2.28. The molecule has 2 rings (SSSR count). The number of anilines is 1. The summed E-state index contributed by atoms with van der Waals surface area (Å²) in [5, 5.41) is 11.4. The minimum absolute atomic E-state index is 0.0573. The molecular formula is C17H10BrF3N2O2. The molecule has 0 aliphatic carbocycles. The van der Waals surface area contributed by atoms with Gasteiger partial charge in [-0.25, -0.2) is 0 Å². The van der Waals surface area contributed by atoms with Crippen LogP contribution in [-0.2, 0) is 11.0 Å². The Bertz CT molecular complexity index is 825. The lowest BCUT2D eigenvalue weighted by atomic mass is 9.98. The zero-order chi connectivity index (χ0) is 18.6. The van der Waals surface area contributed by atoms with Crippen LogP contribution in [0.15, 0.2) is 53.0 Å². The minimum atomic E-state index is -4.49. The van der Waals surface area contributed by atoms with E-state index in [9.17, 15) is 22.8 Å². The van der Waals surface area contributed by atoms with Crippen molar-refractivity contribution in [2.24, 2.45) is 5.92 Å². The highest BCUT2D eigenvalue weighted by Crippen LogP contribution is 2.29. The van der Waals surface area contributed by atoms with E-state index in [2.05, 4.69) is 21.2 Å². The van der Waals surface area contributed by atoms with Crippen LogP contribution in [0.25, 0.3) is 0 Å². The molecule has 2 aromatic rings. The molecule has 0 saturated heterocycles. The third-order valence-electron chi connectivity index (χ3n) is 3.26. The summed E-state index contributed by atoms with van der Waals surface area (Å²) in [6, 6.07) is 11.4. The highest BCUT2D eigenvalue weighted by Gasteiger charge is 2.31. The largest absolute Gasteiger partial charge is 0.416 e. The molecule has 0 saturated carbocycles. The lowest BCUT2D eigenvalue weighted by molar-refractivity contribution is -0.137. The molecule has 0 fully saturated rings. The normalized spacial score (nSPS) is 12.1. The van der Waals surface area contributed by atoms with Crippen molar-refractivity contribution in [2.45, 2.75) is 6.18 Å². The molecular weight excluding hydrogens is 401 g/mol. The zero-order valence-electron chi connectivity index (χ0n) is 12.5. The Hall–Kier alpha value is -2.66. The molecule has 1 unspecified atom stereocenters. The van der Waals surface area contributed by atoms with E-state index in [1.807, 2.05) is 0 Å². The van der Waals surface area contributed by atoms with Crippen molar-refractivity contribution in [1.29, 1.82) is 5.26 Å². The number of benzene rings is 2. The van der Waals surface area contributed by atoms with Crippen LogP contribution in [0.1, 0.15) is 15.9 Å². The van der Waals surface area contributed by atoms with Gasteiger partial charge in [-0.1, -0.05) is 28.1 Å². The average molecular weight is 411 g/mol. The summed E-state index contributed by atoms with van der Waals surface area (Å²) in [7, 11) is 0. The fourth-order valence-corrected chi connectivity index (χ4v) is 2.24. The maximum Gasteiger partial charge on any atom is 0.416 e. The summed E-state index contributed by atoms with van der Waals surface area (Å²) in [5.74, 6) is -3.21. The van der Waals surface area contributed by atoms with Gasteiger partial charge in [-0.15, -0.1) is 0 Å². The molecule has 0 bridgehead atoms. The quantitative estimate of drug-likeness (QED) is 0.598. The van der Waals surface area contributed by atoms with Gasteiger partial charge in [0.15, 0.2) is 11.7 Å². The molecule has 0 aliphatic heterocycles. The fraction of sp³-hybridized carbons (Fsp3) is 0.118. The van der Waals surface area contributed by atoms with Gasteiger partial charge in [-0.2, -0.15) is 18.4 Å². The molecule has 8 heteroatoms. The van der Waals surface area contributed by atoms with Crippen LogP contribution >= 0.6 is 15.9 Å². The third kappa shape index (κ3) is 4.67. The van der Waals surface area contributed by atoms with Gasteiger partial charge in [0.25, 0.3) is 0 Å². The summed E-state index contributed by atoms with van der Waals surface area (Å²) in [6.07, 6.45) is -4.49. The molecule has 1 amide bonds. The van der Waals surface area contributed by atoms with Crippen molar-refractivity contribution in [3.63, 3.8) is 0 Å². The van der Waals surface area contributed by atoms with Crippen molar-refractivity contribution in [3.8, 4) is 6.07 Å². The standard InChI is InChI=1S/C17H10BrF3N2O2/c18-12-5-1-10(2-6-12)15(24)14(9-22)16(25)23-13-7-3-11(4-8-13)17(19,20)21/h1-8,14H,(H,23,25). The van der Waals surface area contributed by atoms with Gasteiger partial charge in [0.05, 0.1) is 11.6 Å². The van der Waals surface area contributed by atoms with Crippen LogP contribution in [0.2, 0.25) is 0 Å². The number of halogens is 4. The fourth-order valence-electron chi connectivity index (χ4n) is 1.97. The van der Waals surface area contributed by atoms with Crippen molar-refractivity contribution in [2.75, 3.05) is 5.32 Å². The highest BCUT2D eigenvalue weighted by molar-refractivity contribution is 9.10. The predicted octanol–water partition coefficient (Wildman–Crippen LogP) is 4.43. The van der Waals surface area contributed by atoms with Crippen molar-refractivity contribution in [1.82, 2.24) is 0 Å². The Morgan fingerprint density at radius 2 is 1.60 bits per heavy atom. The van der Waals surface area contributed by atoms with Crippen LogP contribution in [0.5, 0.6) is 0 Å². The number of carbonyl (C=O) groups excluding carboxylic acids is 2. The first-order valence-electron chi connectivity index (χ1n) is 6.90. The number of alkyl halides is 3. The van der Waals surface area contributed by atoms with E-state index >= 15 is 0 Å². The predicted molar refractivity (Wildman–Crippen MR) is 87.6 cm³/mol. The molecule has 0 aromatic heterocycles. The first kappa shape index (κ1) is 18.7. The topological polar surface area (TPSA) is 70.0 Å². The second-order valence-electron chi connectivity index (χ2n) is 5.00. The van der Waals surface area contributed by atoms with E-state index in [0.717, 1.165) is 28.7 Å². The summed E-state index contributed by atoms with van der Waals surface area (Å²) in [6.45, 7) is 0. The number of hydrogen-bond acceptors (Lipinski definition) is 3. The van der Waals surface area contributed by atoms with Gasteiger partial charge in [0.1, 0.15) is 0 Å². The summed E-state index contributed by atoms with van der Waals surface area (Å²) in [4.78, 5) is 24.4. The number of nitrogens with one attached hydrogen (secondary N) is 1. The number of nitriles is 1. The average Bonchev–Trinajstić information content (AvgIpc) is 2.55. The van der Waals surface area contributed by atoms with E-state index in [1.165, 1.54) is 12.1 Å². The summed E-state index contributed by atoms with van der Waals surface area (Å²) < 4.78 is 38.3. The molecule has 0 aliphatic rings. The van der Waals surface area contributed by atoms with Crippen LogP contribution in [0.3, 0.4) is 0 Å². The van der Waals surface area contributed by atoms with E-state index in [-0.39, 0.29) is 11.3 Å². The van der Waals surface area contributed by atoms with Crippen LogP contribution in [0, 0.1) is 17.2 Å². The maximum atomic E-state index is 12.5. The molecule has 0 spiro atoms. The van der Waals surface area contributed by atoms with E-state index in [1.54, 1.807) is 18.2 Å². The van der Waals surface area contributed by atoms with Gasteiger partial charge in [-0.05, 0) is 36.4 Å². The number of ketones is 1. The molecule has 4 nitrogen and oxygen atoms in total. The Kier molecular flexibility index (Phi) is 5.59. The Morgan fingerprint density at radius 3 is 2.08 bits per heavy atom. The lowest BCUT2D eigenvalue weighted by Gasteiger charge is -2.11. The van der Waals surface area contributed by atoms with Crippen LogP contribution in [0.4, 0.5) is 18.9 Å². The molecule has 2 aromatic carbocycles. The van der Waals surface area contributed by atoms with Gasteiger partial charge in [0.2, 0.25) is 5.91 Å². The summed E-state index contributed by atoms with van der Waals surface area (Å²) in [5.41, 5.74) is -0.632. The smallest absolute Gasteiger partial charge is 0.325 e. The number of nitrogens with zero attached hydrogens (tertiary/aromatic N) is 1. The summed E-state index contributed by atoms with van der Waals surface area (Å²) >= 11 is 3.21. The van der Waals surface area contributed by atoms with Crippen molar-refractivity contribution in [3.05, 3.63) is 64.1 Å². The van der Waals surface area contributed by atoms with Gasteiger partial charge < -0.3 is 5.32 Å². The monoisotopic (exact) mass is 410 g/mol. The second-order valence-corrected chi connectivity index (χ2v) is 5.91. The maximum absolute atomic E-state index is 12.5. The first-order valence-corrected chi connectivity index (χ1v) is 7.69. The first-order chi connectivity index (χ1) is 11.7. The zero-order valence-corrected chi connectivity index (χ0v) is 14.1.